The van der Waals surface area contributed by atoms with Crippen LogP contribution in [0, 0.1) is 0 Å². The van der Waals surface area contributed by atoms with E-state index in [4.69, 9.17) is 5.11 Å². The fraction of sp³-hybridized carbons (Fsp3) is 0.154. The van der Waals surface area contributed by atoms with E-state index in [-0.39, 0.29) is 17.8 Å². The fourth-order valence-electron chi connectivity index (χ4n) is 5.74. The van der Waals surface area contributed by atoms with Gasteiger partial charge in [0.05, 0.1) is 42.1 Å². The highest BCUT2D eigenvalue weighted by Gasteiger charge is 2.28. The number of aromatic carboxylic acids is 1. The largest absolute Gasteiger partial charge is 0.478 e. The molecule has 60 heavy (non-hydrogen) atoms. The smallest absolute Gasteiger partial charge is 0.405 e. The number of rotatable bonds is 10. The molecular formula is C39H32F6N10O5. The molecule has 310 valence electrons. The van der Waals surface area contributed by atoms with E-state index in [1.54, 1.807) is 110 Å². The Hall–Kier alpha value is -7.71. The number of anilines is 2. The molecule has 0 saturated heterocycles. The number of nitrogens with one attached hydrogen (secondary N) is 4. The number of pyridine rings is 2. The van der Waals surface area contributed by atoms with Crippen LogP contribution in [0.15, 0.2) is 110 Å². The predicted molar refractivity (Wildman–Crippen MR) is 206 cm³/mol. The summed E-state index contributed by atoms with van der Waals surface area (Å²) in [5, 5.41) is 17.2. The third kappa shape index (κ3) is 10.8. The first-order valence-electron chi connectivity index (χ1n) is 17.5. The number of benzene rings is 2. The van der Waals surface area contributed by atoms with Gasteiger partial charge in [-0.15, -0.1) is 0 Å². The Morgan fingerprint density at radius 2 is 1.15 bits per heavy atom. The van der Waals surface area contributed by atoms with Gasteiger partial charge in [0.1, 0.15) is 24.4 Å². The highest BCUT2D eigenvalue weighted by molar-refractivity contribution is 5.98. The summed E-state index contributed by atoms with van der Waals surface area (Å²) in [5.74, 6) is -1.14. The van der Waals surface area contributed by atoms with Crippen LogP contribution < -0.4 is 21.3 Å². The monoisotopic (exact) mass is 834 g/mol. The van der Waals surface area contributed by atoms with Gasteiger partial charge in [0.25, 0.3) is 0 Å². The van der Waals surface area contributed by atoms with Crippen LogP contribution in [0.25, 0.3) is 33.8 Å². The van der Waals surface area contributed by atoms with Gasteiger partial charge in [-0.1, -0.05) is 24.3 Å². The van der Waals surface area contributed by atoms with Gasteiger partial charge in [-0.3, -0.25) is 13.6 Å². The molecular weight excluding hydrogens is 802 g/mol. The molecule has 5 N–H and O–H groups in total. The molecule has 0 radical (unpaired) electrons. The van der Waals surface area contributed by atoms with Gasteiger partial charge in [-0.2, -0.15) is 26.3 Å². The summed E-state index contributed by atoms with van der Waals surface area (Å²) in [6.45, 7) is -2.86. The van der Waals surface area contributed by atoms with Crippen LogP contribution in [0.4, 0.5) is 47.3 Å². The zero-order valence-corrected chi connectivity index (χ0v) is 31.0. The zero-order valence-electron chi connectivity index (χ0n) is 31.0. The molecule has 0 saturated carbocycles. The Labute approximate surface area is 334 Å². The van der Waals surface area contributed by atoms with E-state index in [2.05, 4.69) is 25.6 Å². The molecule has 21 heteroatoms. The number of halogens is 6. The van der Waals surface area contributed by atoms with E-state index < -0.39 is 43.5 Å². The van der Waals surface area contributed by atoms with Gasteiger partial charge in [0, 0.05) is 59.4 Å². The summed E-state index contributed by atoms with van der Waals surface area (Å²) in [6.07, 6.45) is 0.936. The number of aryl methyl sites for hydroxylation is 1. The Morgan fingerprint density at radius 3 is 1.60 bits per heavy atom. The molecule has 0 aliphatic carbocycles. The quantitative estimate of drug-likeness (QED) is 0.0705. The molecule has 0 unspecified atom stereocenters. The number of ketones is 1. The standard InChI is InChI=1S/C22H19F3N6O2.C17H13F3N4O3/c1-30-13-26-10-17(30)9-19(32)15-5-6-31-18(11-27-20(31)8-15)14-3-2-4-16(7-14)29-21(33)28-12-22(23,24)25;18-17(19,20)9-22-16(27)23-12-3-1-2-10(6-12)13-8-21-14-7-11(15(25)26)4-5-24(13)14/h2-8,10-11,13H,9,12H2,1H3,(H2,28,29,33);1-8H,9H2,(H,25,26)(H2,22,23,27). The normalized spacial score (nSPS) is 11.4. The first-order chi connectivity index (χ1) is 28.4. The highest BCUT2D eigenvalue weighted by Crippen LogP contribution is 2.26. The van der Waals surface area contributed by atoms with Crippen molar-refractivity contribution in [2.45, 2.75) is 18.8 Å². The number of hydrogen-bond acceptors (Lipinski definition) is 7. The maximum atomic E-state index is 12.7. The van der Waals surface area contributed by atoms with E-state index in [9.17, 15) is 45.5 Å². The second kappa shape index (κ2) is 17.4. The maximum Gasteiger partial charge on any atom is 0.405 e. The minimum Gasteiger partial charge on any atom is -0.478 e. The third-order valence-corrected chi connectivity index (χ3v) is 8.58. The number of Topliss-reactive ketones (excluding diaryl/α,β-unsaturated/α-hetero) is 1. The number of alkyl halides is 6. The van der Waals surface area contributed by atoms with Crippen molar-refractivity contribution >= 4 is 46.5 Å². The first kappa shape index (κ1) is 41.9. The molecule has 2 aromatic carbocycles. The minimum absolute atomic E-state index is 0.0679. The van der Waals surface area contributed by atoms with E-state index in [0.29, 0.717) is 50.7 Å². The Bertz CT molecular complexity index is 2700. The topological polar surface area (TPSA) is 189 Å². The number of imidazole rings is 3. The van der Waals surface area contributed by atoms with Crippen LogP contribution in [-0.2, 0) is 13.5 Å². The van der Waals surface area contributed by atoms with E-state index in [1.165, 1.54) is 24.4 Å². The molecule has 0 fully saturated rings. The molecule has 15 nitrogen and oxygen atoms in total. The van der Waals surface area contributed by atoms with Crippen LogP contribution in [0.2, 0.25) is 0 Å². The van der Waals surface area contributed by atoms with Gasteiger partial charge >= 0.3 is 30.4 Å². The van der Waals surface area contributed by atoms with Crippen LogP contribution >= 0.6 is 0 Å². The number of fused-ring (bicyclic) bond motifs is 2. The van der Waals surface area contributed by atoms with Gasteiger partial charge in [0.15, 0.2) is 5.78 Å². The number of carboxylic acid groups (broad SMARTS) is 1. The van der Waals surface area contributed by atoms with Gasteiger partial charge in [-0.25, -0.2) is 29.3 Å². The van der Waals surface area contributed by atoms with Crippen molar-refractivity contribution in [3.8, 4) is 22.5 Å². The fourth-order valence-corrected chi connectivity index (χ4v) is 5.74. The number of carbonyl (C=O) groups is 4. The van der Waals surface area contributed by atoms with Crippen LogP contribution in [0.1, 0.15) is 26.4 Å². The lowest BCUT2D eigenvalue weighted by molar-refractivity contribution is -0.123. The van der Waals surface area contributed by atoms with Gasteiger partial charge in [-0.05, 0) is 48.5 Å². The Balaban J connectivity index is 0.000000205. The summed E-state index contributed by atoms with van der Waals surface area (Å²) < 4.78 is 78.5. The Morgan fingerprint density at radius 1 is 0.667 bits per heavy atom. The number of hydrogen-bond donors (Lipinski definition) is 5. The first-order valence-corrected chi connectivity index (χ1v) is 17.5. The average Bonchev–Trinajstić information content (AvgIpc) is 3.94. The lowest BCUT2D eigenvalue weighted by Gasteiger charge is -2.11. The van der Waals surface area contributed by atoms with E-state index in [1.807, 2.05) is 7.05 Å². The lowest BCUT2D eigenvalue weighted by Crippen LogP contribution is -2.36. The van der Waals surface area contributed by atoms with E-state index >= 15 is 0 Å². The van der Waals surface area contributed by atoms with E-state index in [0.717, 1.165) is 5.69 Å². The molecule has 5 heterocycles. The summed E-state index contributed by atoms with van der Waals surface area (Å²) in [5.41, 5.74) is 5.64. The SMILES string of the molecule is Cn1cncc1CC(=O)c1ccn2c(-c3cccc(NC(=O)NCC(F)(F)F)c3)cnc2c1.O=C(NCC(F)(F)F)Nc1cccc(-c2cnc3cc(C(=O)O)ccn23)c1. The molecule has 7 aromatic rings. The van der Waals surface area contributed by atoms with Crippen LogP contribution in [-0.4, -0.2) is 82.7 Å². The molecule has 0 spiro atoms. The van der Waals surface area contributed by atoms with Crippen molar-refractivity contribution in [3.05, 3.63) is 127 Å². The van der Waals surface area contributed by atoms with Crippen LogP contribution in [0.3, 0.4) is 0 Å². The average molecular weight is 835 g/mol. The second-order valence-electron chi connectivity index (χ2n) is 13.0. The van der Waals surface area contributed by atoms with Crippen molar-refractivity contribution in [3.63, 3.8) is 0 Å². The summed E-state index contributed by atoms with van der Waals surface area (Å²) in [6, 6.07) is 17.4. The van der Waals surface area contributed by atoms with Gasteiger partial charge < -0.3 is 30.9 Å². The summed E-state index contributed by atoms with van der Waals surface area (Å²) in [7, 11) is 1.82. The highest BCUT2D eigenvalue weighted by atomic mass is 19.4. The van der Waals surface area contributed by atoms with Crippen molar-refractivity contribution in [1.29, 1.82) is 0 Å². The Kier molecular flexibility index (Phi) is 12.2. The van der Waals surface area contributed by atoms with Crippen molar-refractivity contribution in [2.75, 3.05) is 23.7 Å². The molecule has 0 aliphatic rings. The second-order valence-corrected chi connectivity index (χ2v) is 13.0. The number of urea groups is 2. The number of carboxylic acids is 1. The molecule has 0 atom stereocenters. The number of carbonyl (C=O) groups excluding carboxylic acids is 3. The number of nitrogens with zero attached hydrogens (tertiary/aromatic N) is 6. The molecule has 0 aliphatic heterocycles. The van der Waals surface area contributed by atoms with Crippen molar-refractivity contribution in [1.82, 2.24) is 39.0 Å². The predicted octanol–water partition coefficient (Wildman–Crippen LogP) is 7.23. The molecule has 5 aromatic heterocycles. The van der Waals surface area contributed by atoms with Gasteiger partial charge in [0.2, 0.25) is 0 Å². The lowest BCUT2D eigenvalue weighted by atomic mass is 10.1. The summed E-state index contributed by atoms with van der Waals surface area (Å²) in [4.78, 5) is 59.5. The summed E-state index contributed by atoms with van der Waals surface area (Å²) >= 11 is 0. The molecule has 0 bridgehead atoms. The van der Waals surface area contributed by atoms with Crippen LogP contribution in [0.5, 0.6) is 0 Å². The number of aromatic nitrogens is 6. The maximum absolute atomic E-state index is 12.7. The third-order valence-electron chi connectivity index (χ3n) is 8.58. The van der Waals surface area contributed by atoms with Crippen molar-refractivity contribution in [2.24, 2.45) is 7.05 Å². The minimum atomic E-state index is -4.50. The zero-order chi connectivity index (χ0) is 43.2. The number of amides is 4. The molecule has 4 amide bonds. The molecule has 7 rings (SSSR count). The van der Waals surface area contributed by atoms with Crippen molar-refractivity contribution < 1.29 is 50.6 Å².